The van der Waals surface area contributed by atoms with Crippen LogP contribution < -0.4 is 5.32 Å². The lowest BCUT2D eigenvalue weighted by Gasteiger charge is -2.11. The van der Waals surface area contributed by atoms with Gasteiger partial charge in [-0.05, 0) is 30.5 Å². The van der Waals surface area contributed by atoms with Crippen molar-refractivity contribution in [2.24, 2.45) is 5.92 Å². The van der Waals surface area contributed by atoms with Crippen LogP contribution in [0, 0.1) is 16.0 Å². The van der Waals surface area contributed by atoms with Gasteiger partial charge in [0.05, 0.1) is 24.7 Å². The molecule has 21 heavy (non-hydrogen) atoms. The summed E-state index contributed by atoms with van der Waals surface area (Å²) < 4.78 is 11.0. The standard InChI is InChI=1S/C15H22N2O4/c1-2-6-16-14-8-12(3-4-15(14)17(18)19)9-21-11-13-5-7-20-10-13/h3-4,8,13,16H,2,5-7,9-11H2,1H3. The van der Waals surface area contributed by atoms with Crippen LogP contribution in [0.15, 0.2) is 18.2 Å². The summed E-state index contributed by atoms with van der Waals surface area (Å²) in [6, 6.07) is 5.09. The molecule has 6 heteroatoms. The number of hydrogen-bond acceptors (Lipinski definition) is 5. The third-order valence-electron chi connectivity index (χ3n) is 3.47. The predicted molar refractivity (Wildman–Crippen MR) is 80.5 cm³/mol. The van der Waals surface area contributed by atoms with E-state index in [1.54, 1.807) is 12.1 Å². The Labute approximate surface area is 124 Å². The van der Waals surface area contributed by atoms with Crippen LogP contribution in [-0.4, -0.2) is 31.3 Å². The topological polar surface area (TPSA) is 73.6 Å². The second-order valence-electron chi connectivity index (χ2n) is 5.28. The third-order valence-corrected chi connectivity index (χ3v) is 3.47. The summed E-state index contributed by atoms with van der Waals surface area (Å²) in [4.78, 5) is 10.6. The van der Waals surface area contributed by atoms with Crippen LogP contribution in [0.2, 0.25) is 0 Å². The number of hydrogen-bond donors (Lipinski definition) is 1. The van der Waals surface area contributed by atoms with E-state index in [2.05, 4.69) is 5.32 Å². The zero-order valence-corrected chi connectivity index (χ0v) is 12.3. The van der Waals surface area contributed by atoms with Gasteiger partial charge in [0.15, 0.2) is 0 Å². The highest BCUT2D eigenvalue weighted by atomic mass is 16.6. The number of anilines is 1. The molecule has 1 saturated heterocycles. The van der Waals surface area contributed by atoms with Crippen LogP contribution in [0.1, 0.15) is 25.3 Å². The van der Waals surface area contributed by atoms with Crippen LogP contribution in [0.25, 0.3) is 0 Å². The Morgan fingerprint density at radius 2 is 2.38 bits per heavy atom. The Balaban J connectivity index is 1.93. The molecule has 0 bridgehead atoms. The average Bonchev–Trinajstić information content (AvgIpc) is 2.98. The Kier molecular flexibility index (Phi) is 5.95. The minimum Gasteiger partial charge on any atom is -0.381 e. The van der Waals surface area contributed by atoms with Crippen molar-refractivity contribution in [1.29, 1.82) is 0 Å². The molecular weight excluding hydrogens is 272 g/mol. The first-order valence-electron chi connectivity index (χ1n) is 7.37. The smallest absolute Gasteiger partial charge is 0.292 e. The Bertz CT molecular complexity index is 473. The molecule has 0 aliphatic carbocycles. The van der Waals surface area contributed by atoms with Gasteiger partial charge < -0.3 is 14.8 Å². The van der Waals surface area contributed by atoms with Gasteiger partial charge in [-0.3, -0.25) is 10.1 Å². The molecule has 1 unspecified atom stereocenters. The zero-order chi connectivity index (χ0) is 15.1. The first-order valence-corrected chi connectivity index (χ1v) is 7.37. The first-order chi connectivity index (χ1) is 10.2. The molecule has 0 spiro atoms. The predicted octanol–water partition coefficient (Wildman–Crippen LogP) is 2.97. The normalized spacial score (nSPS) is 17.9. The van der Waals surface area contributed by atoms with E-state index in [4.69, 9.17) is 9.47 Å². The molecule has 1 heterocycles. The van der Waals surface area contributed by atoms with Crippen molar-refractivity contribution in [2.75, 3.05) is 31.7 Å². The lowest BCUT2D eigenvalue weighted by molar-refractivity contribution is -0.384. The van der Waals surface area contributed by atoms with Gasteiger partial charge in [0.1, 0.15) is 5.69 Å². The molecule has 0 saturated carbocycles. The molecule has 0 radical (unpaired) electrons. The molecule has 2 rings (SSSR count). The lowest BCUT2D eigenvalue weighted by atomic mass is 10.1. The minimum absolute atomic E-state index is 0.108. The van der Waals surface area contributed by atoms with Gasteiger partial charge in [0, 0.05) is 25.1 Å². The van der Waals surface area contributed by atoms with Crippen molar-refractivity contribution in [3.63, 3.8) is 0 Å². The molecule has 1 aliphatic heterocycles. The van der Waals surface area contributed by atoms with Crippen LogP contribution in [0.4, 0.5) is 11.4 Å². The fraction of sp³-hybridized carbons (Fsp3) is 0.600. The number of nitro benzene ring substituents is 1. The van der Waals surface area contributed by atoms with E-state index >= 15 is 0 Å². The molecule has 1 aliphatic rings. The number of rotatable bonds is 8. The molecular formula is C15H22N2O4. The number of nitro groups is 1. The molecule has 1 atom stereocenters. The second kappa shape index (κ2) is 7.95. The summed E-state index contributed by atoms with van der Waals surface area (Å²) in [5, 5.41) is 14.1. The number of benzene rings is 1. The number of ether oxygens (including phenoxy) is 2. The van der Waals surface area contributed by atoms with Crippen molar-refractivity contribution >= 4 is 11.4 Å². The lowest BCUT2D eigenvalue weighted by Crippen LogP contribution is -2.09. The Morgan fingerprint density at radius 1 is 1.52 bits per heavy atom. The quantitative estimate of drug-likeness (QED) is 0.589. The molecule has 0 aromatic heterocycles. The van der Waals surface area contributed by atoms with E-state index in [0.29, 0.717) is 31.4 Å². The van der Waals surface area contributed by atoms with Gasteiger partial charge in [0.25, 0.3) is 5.69 Å². The summed E-state index contributed by atoms with van der Waals surface area (Å²) in [6.07, 6.45) is 1.96. The maximum absolute atomic E-state index is 11.0. The second-order valence-corrected chi connectivity index (χ2v) is 5.28. The maximum Gasteiger partial charge on any atom is 0.292 e. The summed E-state index contributed by atoms with van der Waals surface area (Å²) in [7, 11) is 0. The molecule has 1 aromatic carbocycles. The monoisotopic (exact) mass is 294 g/mol. The van der Waals surface area contributed by atoms with Crippen molar-refractivity contribution in [3.8, 4) is 0 Å². The maximum atomic E-state index is 11.0. The molecule has 6 nitrogen and oxygen atoms in total. The van der Waals surface area contributed by atoms with Gasteiger partial charge >= 0.3 is 0 Å². The summed E-state index contributed by atoms with van der Waals surface area (Å²) in [6.45, 7) is 5.46. The van der Waals surface area contributed by atoms with Gasteiger partial charge in [-0.1, -0.05) is 6.92 Å². The largest absolute Gasteiger partial charge is 0.381 e. The molecule has 1 fully saturated rings. The summed E-state index contributed by atoms with van der Waals surface area (Å²) in [5.41, 5.74) is 1.61. The summed E-state index contributed by atoms with van der Waals surface area (Å²) in [5.74, 6) is 0.473. The third kappa shape index (κ3) is 4.68. The van der Waals surface area contributed by atoms with Crippen LogP contribution in [0.5, 0.6) is 0 Å². The van der Waals surface area contributed by atoms with Crippen molar-refractivity contribution in [3.05, 3.63) is 33.9 Å². The fourth-order valence-electron chi connectivity index (χ4n) is 2.29. The Hall–Kier alpha value is -1.66. The van der Waals surface area contributed by atoms with Gasteiger partial charge in [-0.2, -0.15) is 0 Å². The number of nitrogens with zero attached hydrogens (tertiary/aromatic N) is 1. The summed E-state index contributed by atoms with van der Waals surface area (Å²) >= 11 is 0. The minimum atomic E-state index is -0.363. The van der Waals surface area contributed by atoms with E-state index in [1.165, 1.54) is 6.07 Å². The Morgan fingerprint density at radius 3 is 3.05 bits per heavy atom. The van der Waals surface area contributed by atoms with E-state index < -0.39 is 0 Å². The highest BCUT2D eigenvalue weighted by Crippen LogP contribution is 2.26. The van der Waals surface area contributed by atoms with E-state index in [9.17, 15) is 10.1 Å². The van der Waals surface area contributed by atoms with E-state index in [1.807, 2.05) is 6.92 Å². The highest BCUT2D eigenvalue weighted by molar-refractivity contribution is 5.62. The molecule has 1 N–H and O–H groups in total. The van der Waals surface area contributed by atoms with Crippen LogP contribution in [0.3, 0.4) is 0 Å². The van der Waals surface area contributed by atoms with E-state index in [0.717, 1.165) is 31.6 Å². The molecule has 0 amide bonds. The molecule has 1 aromatic rings. The fourth-order valence-corrected chi connectivity index (χ4v) is 2.29. The number of nitrogens with one attached hydrogen (secondary N) is 1. The first kappa shape index (κ1) is 15.7. The van der Waals surface area contributed by atoms with Crippen LogP contribution >= 0.6 is 0 Å². The van der Waals surface area contributed by atoms with Gasteiger partial charge in [-0.25, -0.2) is 0 Å². The zero-order valence-electron chi connectivity index (χ0n) is 12.3. The van der Waals surface area contributed by atoms with Gasteiger partial charge in [0.2, 0.25) is 0 Å². The van der Waals surface area contributed by atoms with Crippen molar-refractivity contribution in [2.45, 2.75) is 26.4 Å². The van der Waals surface area contributed by atoms with Crippen molar-refractivity contribution in [1.82, 2.24) is 0 Å². The SMILES string of the molecule is CCCNc1cc(COCC2CCOC2)ccc1[N+](=O)[O-]. The van der Waals surface area contributed by atoms with Crippen LogP contribution in [-0.2, 0) is 16.1 Å². The molecule has 116 valence electrons. The average molecular weight is 294 g/mol. The van der Waals surface area contributed by atoms with Crippen molar-refractivity contribution < 1.29 is 14.4 Å². The van der Waals surface area contributed by atoms with Gasteiger partial charge in [-0.15, -0.1) is 0 Å². The highest BCUT2D eigenvalue weighted by Gasteiger charge is 2.16. The van der Waals surface area contributed by atoms with E-state index in [-0.39, 0.29) is 10.6 Å².